The van der Waals surface area contributed by atoms with Crippen LogP contribution < -0.4 is 15.4 Å². The fraction of sp³-hybridized carbons (Fsp3) is 0.545. The Balaban J connectivity index is 1.58. The lowest BCUT2D eigenvalue weighted by Gasteiger charge is -2.47. The number of pyridine rings is 1. The number of hydrogen-bond acceptors (Lipinski definition) is 10. The van der Waals surface area contributed by atoms with Crippen molar-refractivity contribution in [3.05, 3.63) is 39.9 Å². The summed E-state index contributed by atoms with van der Waals surface area (Å²) >= 11 is 0. The topological polar surface area (TPSA) is 159 Å². The van der Waals surface area contributed by atoms with E-state index in [4.69, 9.17) is 4.74 Å². The molecule has 2 aromatic rings. The number of fused-ring (bicyclic) bond motifs is 1. The van der Waals surface area contributed by atoms with E-state index >= 15 is 4.39 Å². The van der Waals surface area contributed by atoms with Crippen LogP contribution in [-0.4, -0.2) is 99.3 Å². The fourth-order valence-corrected chi connectivity index (χ4v) is 4.65. The highest BCUT2D eigenvalue weighted by molar-refractivity contribution is 5.92. The molecule has 0 bridgehead atoms. The van der Waals surface area contributed by atoms with E-state index in [1.807, 2.05) is 0 Å². The van der Waals surface area contributed by atoms with E-state index in [0.717, 1.165) is 6.07 Å². The molecule has 1 aromatic heterocycles. The molecular formula is C22H27FN3O8-. The van der Waals surface area contributed by atoms with Crippen molar-refractivity contribution >= 4 is 22.6 Å². The number of aromatic carboxylic acids is 1. The van der Waals surface area contributed by atoms with Gasteiger partial charge in [-0.3, -0.25) is 9.69 Å². The van der Waals surface area contributed by atoms with Crippen molar-refractivity contribution in [3.8, 4) is 0 Å². The van der Waals surface area contributed by atoms with Crippen LogP contribution in [0.15, 0.2) is 23.1 Å². The summed E-state index contributed by atoms with van der Waals surface area (Å²) in [5.74, 6) is -2.30. The number of piperazine rings is 1. The van der Waals surface area contributed by atoms with Crippen LogP contribution in [0.4, 0.5) is 10.1 Å². The Morgan fingerprint density at radius 1 is 1.15 bits per heavy atom. The summed E-state index contributed by atoms with van der Waals surface area (Å²) in [6.07, 6.45) is -5.10. The number of carbonyl (C=O) groups is 1. The zero-order chi connectivity index (χ0) is 24.7. The molecule has 1 aromatic carbocycles. The van der Waals surface area contributed by atoms with E-state index in [0.29, 0.717) is 38.2 Å². The molecule has 0 aliphatic carbocycles. The highest BCUT2D eigenvalue weighted by Gasteiger charge is 2.46. The quantitative estimate of drug-likeness (QED) is 0.359. The molecule has 2 aliphatic rings. The average molecular weight is 480 g/mol. The third-order valence-electron chi connectivity index (χ3n) is 6.59. The molecule has 2 saturated heterocycles. The number of aromatic nitrogens is 1. The zero-order valence-corrected chi connectivity index (χ0v) is 18.5. The summed E-state index contributed by atoms with van der Waals surface area (Å²) in [6.45, 7) is 2.89. The van der Waals surface area contributed by atoms with Gasteiger partial charge in [0.1, 0.15) is 36.5 Å². The third kappa shape index (κ3) is 4.17. The SMILES string of the molecule is CCn1cc(C(=O)[O-])c(=O)c2cc(F)c(N3CCN([C@@H]4O[C@H](CO)[C@@H](O)[C@H](O)[C@H]4O)CC3)cc21. The Bertz CT molecular complexity index is 1130. The number of hydrogen-bond donors (Lipinski definition) is 4. The van der Waals surface area contributed by atoms with Gasteiger partial charge in [0.25, 0.3) is 0 Å². The van der Waals surface area contributed by atoms with Gasteiger partial charge < -0.3 is 44.5 Å². The van der Waals surface area contributed by atoms with Gasteiger partial charge in [-0.2, -0.15) is 0 Å². The Hall–Kier alpha value is -2.61. The molecule has 3 heterocycles. The Morgan fingerprint density at radius 3 is 2.41 bits per heavy atom. The van der Waals surface area contributed by atoms with Crippen LogP contribution in [0.1, 0.15) is 17.3 Å². The number of rotatable bonds is 5. The number of aliphatic hydroxyl groups is 4. The molecule has 5 atom stereocenters. The highest BCUT2D eigenvalue weighted by atomic mass is 19.1. The second-order valence-electron chi connectivity index (χ2n) is 8.51. The van der Waals surface area contributed by atoms with Gasteiger partial charge in [0.05, 0.1) is 29.3 Å². The molecule has 0 unspecified atom stereocenters. The smallest absolute Gasteiger partial charge is 0.198 e. The molecule has 4 rings (SSSR count). The number of benzene rings is 1. The number of aryl methyl sites for hydroxylation is 1. The maximum absolute atomic E-state index is 15.0. The predicted molar refractivity (Wildman–Crippen MR) is 116 cm³/mol. The first-order valence-corrected chi connectivity index (χ1v) is 11.1. The van der Waals surface area contributed by atoms with Crippen LogP contribution in [0.5, 0.6) is 0 Å². The van der Waals surface area contributed by atoms with Crippen LogP contribution >= 0.6 is 0 Å². The monoisotopic (exact) mass is 480 g/mol. The van der Waals surface area contributed by atoms with Crippen LogP contribution in [0, 0.1) is 5.82 Å². The van der Waals surface area contributed by atoms with Crippen molar-refractivity contribution in [2.45, 2.75) is 44.1 Å². The molecule has 2 aliphatic heterocycles. The van der Waals surface area contributed by atoms with E-state index in [-0.39, 0.29) is 11.1 Å². The molecule has 0 amide bonds. The van der Waals surface area contributed by atoms with Crippen LogP contribution in [0.25, 0.3) is 10.9 Å². The van der Waals surface area contributed by atoms with Gasteiger partial charge in [-0.25, -0.2) is 4.39 Å². The first kappa shape index (κ1) is 24.5. The number of halogens is 1. The van der Waals surface area contributed by atoms with Crippen LogP contribution in [0.3, 0.4) is 0 Å². The molecular weight excluding hydrogens is 453 g/mol. The van der Waals surface area contributed by atoms with Gasteiger partial charge in [0.15, 0.2) is 5.43 Å². The third-order valence-corrected chi connectivity index (χ3v) is 6.59. The lowest BCUT2D eigenvalue weighted by molar-refractivity contribution is -0.265. The van der Waals surface area contributed by atoms with Crippen molar-refractivity contribution in [3.63, 3.8) is 0 Å². The summed E-state index contributed by atoms with van der Waals surface area (Å²) in [5.41, 5.74) is -0.707. The maximum atomic E-state index is 15.0. The standard InChI is InChI=1S/C22H28FN3O8/c1-2-24-9-12(22(32)33)17(28)11-7-13(23)15(8-14(11)24)25-3-5-26(6-4-25)21-20(31)19(30)18(29)16(10-27)34-21/h7-9,16,18-21,27,29-31H,2-6,10H2,1H3,(H,32,33)/p-1/t16-,18-,19+,20-,21-/m1/s1. The van der Waals surface area contributed by atoms with E-state index in [1.54, 1.807) is 21.3 Å². The lowest BCUT2D eigenvalue weighted by atomic mass is 9.97. The largest absolute Gasteiger partial charge is 0.545 e. The normalized spacial score (nSPS) is 28.4. The highest BCUT2D eigenvalue weighted by Crippen LogP contribution is 2.29. The van der Waals surface area contributed by atoms with Gasteiger partial charge in [-0.15, -0.1) is 0 Å². The summed E-state index contributed by atoms with van der Waals surface area (Å²) in [7, 11) is 0. The summed E-state index contributed by atoms with van der Waals surface area (Å²) in [5, 5.41) is 51.0. The Morgan fingerprint density at radius 2 is 1.82 bits per heavy atom. The number of ether oxygens (including phenoxy) is 1. The molecule has 186 valence electrons. The molecule has 4 N–H and O–H groups in total. The molecule has 2 fully saturated rings. The average Bonchev–Trinajstić information content (AvgIpc) is 2.83. The summed E-state index contributed by atoms with van der Waals surface area (Å²) in [6, 6.07) is 2.55. The first-order chi connectivity index (χ1) is 16.2. The van der Waals surface area contributed by atoms with E-state index in [1.165, 1.54) is 12.3 Å². The summed E-state index contributed by atoms with van der Waals surface area (Å²) in [4.78, 5) is 27.3. The van der Waals surface area contributed by atoms with E-state index < -0.39 is 60.0 Å². The molecule has 0 saturated carbocycles. The van der Waals surface area contributed by atoms with Gasteiger partial charge in [-0.05, 0) is 19.1 Å². The van der Waals surface area contributed by atoms with Crippen molar-refractivity contribution < 1.29 is 39.5 Å². The molecule has 0 radical (unpaired) electrons. The van der Waals surface area contributed by atoms with Crippen LogP contribution in [-0.2, 0) is 11.3 Å². The van der Waals surface area contributed by atoms with Crippen molar-refractivity contribution in [1.82, 2.24) is 9.47 Å². The van der Waals surface area contributed by atoms with Crippen molar-refractivity contribution in [2.24, 2.45) is 0 Å². The predicted octanol–water partition coefficient (Wildman–Crippen LogP) is -2.55. The van der Waals surface area contributed by atoms with Gasteiger partial charge in [0, 0.05) is 44.3 Å². The number of carboxylic acid groups (broad SMARTS) is 1. The minimum Gasteiger partial charge on any atom is -0.545 e. The van der Waals surface area contributed by atoms with E-state index in [2.05, 4.69) is 0 Å². The van der Waals surface area contributed by atoms with Gasteiger partial charge >= 0.3 is 0 Å². The number of anilines is 1. The van der Waals surface area contributed by atoms with Crippen LogP contribution in [0.2, 0.25) is 0 Å². The number of nitrogens with zero attached hydrogens (tertiary/aromatic N) is 3. The Labute approximate surface area is 193 Å². The minimum atomic E-state index is -1.62. The van der Waals surface area contributed by atoms with Crippen molar-refractivity contribution in [1.29, 1.82) is 0 Å². The van der Waals surface area contributed by atoms with Crippen molar-refractivity contribution in [2.75, 3.05) is 37.7 Å². The Kier molecular flexibility index (Phi) is 6.90. The lowest BCUT2D eigenvalue weighted by Crippen LogP contribution is -2.65. The second-order valence-corrected chi connectivity index (χ2v) is 8.51. The second kappa shape index (κ2) is 9.56. The number of carbonyl (C=O) groups excluding carboxylic acids is 1. The number of carboxylic acids is 1. The van der Waals surface area contributed by atoms with Gasteiger partial charge in [-0.1, -0.05) is 0 Å². The first-order valence-electron chi connectivity index (χ1n) is 11.1. The number of aliphatic hydroxyl groups excluding tert-OH is 4. The van der Waals surface area contributed by atoms with E-state index in [9.17, 15) is 35.1 Å². The zero-order valence-electron chi connectivity index (χ0n) is 18.5. The maximum Gasteiger partial charge on any atom is 0.198 e. The molecule has 34 heavy (non-hydrogen) atoms. The molecule has 12 heteroatoms. The summed E-state index contributed by atoms with van der Waals surface area (Å²) < 4.78 is 22.2. The molecule has 0 spiro atoms. The minimum absolute atomic E-state index is 0.0512. The fourth-order valence-electron chi connectivity index (χ4n) is 4.65. The molecule has 11 nitrogen and oxygen atoms in total. The van der Waals surface area contributed by atoms with Gasteiger partial charge in [0.2, 0.25) is 0 Å².